The van der Waals surface area contributed by atoms with Crippen LogP contribution in [0.5, 0.6) is 5.75 Å². The van der Waals surface area contributed by atoms with Gasteiger partial charge in [-0.2, -0.15) is 0 Å². The Labute approximate surface area is 203 Å². The summed E-state index contributed by atoms with van der Waals surface area (Å²) in [7, 11) is 0. The molecule has 184 valence electrons. The van der Waals surface area contributed by atoms with Crippen LogP contribution in [0.2, 0.25) is 0 Å². The van der Waals surface area contributed by atoms with Crippen LogP contribution in [0.4, 0.5) is 17.1 Å². The van der Waals surface area contributed by atoms with Crippen molar-refractivity contribution in [1.82, 2.24) is 9.80 Å². The third-order valence-electron chi connectivity index (χ3n) is 7.14. The van der Waals surface area contributed by atoms with Crippen LogP contribution in [0.3, 0.4) is 0 Å². The number of furan rings is 1. The molecule has 2 atom stereocenters. The highest BCUT2D eigenvalue weighted by Crippen LogP contribution is 2.34. The molecule has 3 N–H and O–H groups in total. The van der Waals surface area contributed by atoms with Gasteiger partial charge in [-0.05, 0) is 57.0 Å². The Hall–Kier alpha value is -3.59. The molecule has 2 aromatic carbocycles. The molecular formula is C26H30N4O5. The van der Waals surface area contributed by atoms with Crippen LogP contribution in [0.15, 0.2) is 44.3 Å². The number of hydrogen-bond acceptors (Lipinski definition) is 8. The molecule has 0 spiro atoms. The van der Waals surface area contributed by atoms with E-state index in [1.54, 1.807) is 23.1 Å². The molecule has 0 radical (unpaired) electrons. The molecule has 2 fully saturated rings. The zero-order valence-corrected chi connectivity index (χ0v) is 20.0. The quantitative estimate of drug-likeness (QED) is 0.351. The van der Waals surface area contributed by atoms with Crippen LogP contribution in [0.1, 0.15) is 54.1 Å². The maximum atomic E-state index is 13.2. The van der Waals surface area contributed by atoms with Crippen LogP contribution in [0.25, 0.3) is 0 Å². The fourth-order valence-electron chi connectivity index (χ4n) is 5.14. The smallest absolute Gasteiger partial charge is 0.257 e. The number of phenols is 1. The van der Waals surface area contributed by atoms with E-state index in [1.807, 2.05) is 26.0 Å². The molecule has 2 aliphatic rings. The molecule has 0 aliphatic carbocycles. The van der Waals surface area contributed by atoms with Gasteiger partial charge in [-0.3, -0.25) is 19.3 Å². The van der Waals surface area contributed by atoms with Gasteiger partial charge in [-0.1, -0.05) is 13.0 Å². The second kappa shape index (κ2) is 9.22. The Morgan fingerprint density at radius 2 is 1.94 bits per heavy atom. The van der Waals surface area contributed by atoms with Crippen LogP contribution in [0, 0.1) is 6.92 Å². The van der Waals surface area contributed by atoms with Gasteiger partial charge < -0.3 is 25.1 Å². The summed E-state index contributed by atoms with van der Waals surface area (Å²) in [6, 6.07) is 8.57. The number of nitrogens with zero attached hydrogens (tertiary/aromatic N) is 2. The number of nitrogens with one attached hydrogen (secondary N) is 2. The van der Waals surface area contributed by atoms with E-state index in [2.05, 4.69) is 15.5 Å². The second-order valence-electron chi connectivity index (χ2n) is 9.37. The lowest BCUT2D eigenvalue weighted by Crippen LogP contribution is -2.52. The van der Waals surface area contributed by atoms with Crippen molar-refractivity contribution in [3.63, 3.8) is 0 Å². The van der Waals surface area contributed by atoms with Crippen molar-refractivity contribution in [2.75, 3.05) is 36.8 Å². The number of benzene rings is 1. The number of aryl methyl sites for hydroxylation is 1. The predicted octanol–water partition coefficient (Wildman–Crippen LogP) is 3.12. The van der Waals surface area contributed by atoms with Gasteiger partial charge in [0.1, 0.15) is 22.9 Å². The largest absolute Gasteiger partial charge is 0.505 e. The van der Waals surface area contributed by atoms with Crippen molar-refractivity contribution in [2.24, 2.45) is 0 Å². The van der Waals surface area contributed by atoms with E-state index in [-0.39, 0.29) is 40.3 Å². The Morgan fingerprint density at radius 3 is 2.69 bits per heavy atom. The summed E-state index contributed by atoms with van der Waals surface area (Å²) in [6.07, 6.45) is 2.86. The van der Waals surface area contributed by atoms with Crippen molar-refractivity contribution in [2.45, 2.75) is 45.2 Å². The summed E-state index contributed by atoms with van der Waals surface area (Å²) in [6.45, 7) is 6.96. The average Bonchev–Trinajstić information content (AvgIpc) is 3.52. The fourth-order valence-corrected chi connectivity index (χ4v) is 5.14. The van der Waals surface area contributed by atoms with Crippen LogP contribution in [-0.4, -0.2) is 53.0 Å². The van der Waals surface area contributed by atoms with E-state index >= 15 is 0 Å². The maximum Gasteiger partial charge on any atom is 0.257 e. The Bertz CT molecular complexity index is 1320. The van der Waals surface area contributed by atoms with Gasteiger partial charge in [-0.15, -0.1) is 0 Å². The Kier molecular flexibility index (Phi) is 6.10. The van der Waals surface area contributed by atoms with E-state index in [1.165, 1.54) is 0 Å². The number of carbonyl (C=O) groups excluding carboxylic acids is 1. The average molecular weight is 479 g/mol. The molecule has 1 amide bonds. The van der Waals surface area contributed by atoms with Gasteiger partial charge in [-0.25, -0.2) is 0 Å². The number of aromatic hydroxyl groups is 1. The van der Waals surface area contributed by atoms with Crippen molar-refractivity contribution in [1.29, 1.82) is 0 Å². The molecule has 9 nitrogen and oxygen atoms in total. The van der Waals surface area contributed by atoms with E-state index in [4.69, 9.17) is 4.42 Å². The first-order valence-electron chi connectivity index (χ1n) is 12.2. The van der Waals surface area contributed by atoms with Crippen LogP contribution in [-0.2, 0) is 0 Å². The highest BCUT2D eigenvalue weighted by atomic mass is 16.3. The predicted molar refractivity (Wildman–Crippen MR) is 133 cm³/mol. The molecule has 35 heavy (non-hydrogen) atoms. The lowest BCUT2D eigenvalue weighted by atomic mass is 10.1. The first kappa shape index (κ1) is 23.2. The van der Waals surface area contributed by atoms with Gasteiger partial charge in [0.05, 0.1) is 17.3 Å². The van der Waals surface area contributed by atoms with Crippen LogP contribution >= 0.6 is 0 Å². The highest BCUT2D eigenvalue weighted by Gasteiger charge is 2.34. The van der Waals surface area contributed by atoms with Crippen molar-refractivity contribution in [3.05, 3.63) is 67.9 Å². The van der Waals surface area contributed by atoms with E-state index in [9.17, 15) is 19.5 Å². The fraction of sp³-hybridized carbons (Fsp3) is 0.423. The number of anilines is 3. The standard InChI is InChI=1S/C26H30N4O5/c1-3-18(20-10-9-15(2)35-20)27-21-22(25(33)24(21)32)28-19-8-4-7-17(23(19)31)26(34)30-13-12-29-11-5-6-16(29)14-30/h4,7-10,16,18,27-28,31H,3,5-6,11-14H2,1-2H3/t16-,18?/m0/s1. The number of fused-ring (bicyclic) bond motifs is 1. The third-order valence-corrected chi connectivity index (χ3v) is 7.14. The van der Waals surface area contributed by atoms with Crippen molar-refractivity contribution < 1.29 is 14.3 Å². The highest BCUT2D eigenvalue weighted by molar-refractivity contribution is 5.99. The molecule has 9 heteroatoms. The minimum atomic E-state index is -0.675. The minimum absolute atomic E-state index is 0.0659. The molecule has 0 saturated carbocycles. The number of para-hydroxylation sites is 1. The zero-order chi connectivity index (χ0) is 24.7. The van der Waals surface area contributed by atoms with Gasteiger partial charge in [0.25, 0.3) is 16.8 Å². The first-order chi connectivity index (χ1) is 16.9. The number of hydrogen-bond donors (Lipinski definition) is 3. The normalized spacial score (nSPS) is 19.0. The molecule has 5 rings (SSSR count). The van der Waals surface area contributed by atoms with Crippen molar-refractivity contribution in [3.8, 4) is 5.75 Å². The lowest BCUT2D eigenvalue weighted by Gasteiger charge is -2.37. The van der Waals surface area contributed by atoms with Gasteiger partial charge in [0.15, 0.2) is 5.75 Å². The van der Waals surface area contributed by atoms with Crippen molar-refractivity contribution >= 4 is 23.0 Å². The number of amides is 1. The van der Waals surface area contributed by atoms with Gasteiger partial charge >= 0.3 is 0 Å². The number of piperazine rings is 1. The summed E-state index contributed by atoms with van der Waals surface area (Å²) >= 11 is 0. The number of phenolic OH excluding ortho intramolecular Hbond substituents is 1. The zero-order valence-electron chi connectivity index (χ0n) is 20.0. The summed E-state index contributed by atoms with van der Waals surface area (Å²) in [5.41, 5.74) is -0.720. The SMILES string of the molecule is CCC(Nc1c(Nc2cccc(C(=O)N3CCN4CCC[C@H]4C3)c2O)c(=O)c1=O)c1ccc(C)o1. The molecule has 1 unspecified atom stereocenters. The second-order valence-corrected chi connectivity index (χ2v) is 9.37. The monoisotopic (exact) mass is 478 g/mol. The summed E-state index contributed by atoms with van der Waals surface area (Å²) in [5, 5.41) is 16.9. The molecule has 3 heterocycles. The topological polar surface area (TPSA) is 115 Å². The maximum absolute atomic E-state index is 13.2. The first-order valence-corrected chi connectivity index (χ1v) is 12.2. The van der Waals surface area contributed by atoms with E-state index in [0.717, 1.165) is 31.7 Å². The minimum Gasteiger partial charge on any atom is -0.505 e. The molecule has 2 aliphatic heterocycles. The number of carbonyl (C=O) groups is 1. The molecular weight excluding hydrogens is 448 g/mol. The van der Waals surface area contributed by atoms with Gasteiger partial charge in [0.2, 0.25) is 0 Å². The van der Waals surface area contributed by atoms with E-state index in [0.29, 0.717) is 31.3 Å². The molecule has 0 bridgehead atoms. The summed E-state index contributed by atoms with van der Waals surface area (Å²) < 4.78 is 5.68. The van der Waals surface area contributed by atoms with Gasteiger partial charge in [0, 0.05) is 25.7 Å². The lowest BCUT2D eigenvalue weighted by molar-refractivity contribution is 0.0568. The van der Waals surface area contributed by atoms with Crippen LogP contribution < -0.4 is 21.5 Å². The summed E-state index contributed by atoms with van der Waals surface area (Å²) in [4.78, 5) is 42.1. The third kappa shape index (κ3) is 4.20. The Morgan fingerprint density at radius 1 is 1.14 bits per heavy atom. The summed E-state index contributed by atoms with van der Waals surface area (Å²) in [5.74, 6) is 0.950. The Balaban J connectivity index is 1.36. The molecule has 3 aromatic rings. The molecule has 1 aromatic heterocycles. The number of rotatable bonds is 7. The van der Waals surface area contributed by atoms with E-state index < -0.39 is 10.9 Å². The molecule has 2 saturated heterocycles.